The molecule has 0 spiro atoms. The quantitative estimate of drug-likeness (QED) is 0.469. The molecule has 0 saturated heterocycles. The van der Waals surface area contributed by atoms with Crippen molar-refractivity contribution < 1.29 is 6.53 Å². The summed E-state index contributed by atoms with van der Waals surface area (Å²) in [5.74, 6) is 0. The number of aliphatic hydroxyl groups is 1. The lowest BCUT2D eigenvalue weighted by molar-refractivity contribution is 0.170. The Morgan fingerprint density at radius 3 is 1.83 bits per heavy atom. The number of aliphatic hydroxyl groups excluding tert-OH is 1. The smallest absolute Gasteiger partial charge is 0.392 e. The third-order valence-corrected chi connectivity index (χ3v) is 0.761. The lowest BCUT2D eigenvalue weighted by Gasteiger charge is -2.04. The Kier molecular flexibility index (Phi) is 2.13. The van der Waals surface area contributed by atoms with Crippen molar-refractivity contribution in [2.45, 2.75) is 26.0 Å². The molecule has 0 bridgehead atoms. The average Bonchev–Trinajstić information content (AvgIpc) is 1.36. The molecule has 0 aromatic rings. The van der Waals surface area contributed by atoms with Gasteiger partial charge in [0.05, 0.1) is 6.10 Å². The fraction of sp³-hybridized carbons (Fsp3) is 1.00. The third kappa shape index (κ3) is 2.18. The van der Waals surface area contributed by atoms with Crippen LogP contribution in [0.5, 0.6) is 0 Å². The highest BCUT2D eigenvalue weighted by Gasteiger charge is 1.97. The second-order valence-corrected chi connectivity index (χ2v) is 1.60. The Balaban J connectivity index is 0. The fourth-order valence-corrected chi connectivity index (χ4v) is 0. The molecule has 0 heterocycles. The molecule has 2 heteroatoms. The minimum absolute atomic E-state index is 0. The van der Waals surface area contributed by atoms with Gasteiger partial charge in [-0.2, -0.15) is 0 Å². The average molecular weight is 90.1 g/mol. The lowest BCUT2D eigenvalue weighted by atomic mass is 10.2. The Morgan fingerprint density at radius 2 is 1.83 bits per heavy atom. The van der Waals surface area contributed by atoms with E-state index in [1.54, 1.807) is 13.8 Å². The summed E-state index contributed by atoms with van der Waals surface area (Å²) in [6, 6.07) is -0.0926. The van der Waals surface area contributed by atoms with Crippen LogP contribution in [0.2, 0.25) is 0 Å². The zero-order valence-corrected chi connectivity index (χ0v) is 4.18. The molecule has 0 rings (SSSR count). The number of hydrogen-bond donors (Lipinski definition) is 2. The van der Waals surface area contributed by atoms with Gasteiger partial charge in [0.1, 0.15) is 0 Å². The Morgan fingerprint density at radius 1 is 1.67 bits per heavy atom. The predicted octanol–water partition coefficient (Wildman–Crippen LogP) is -0.173. The maximum atomic E-state index is 8.50. The first-order valence-electron chi connectivity index (χ1n) is 2.08. The van der Waals surface area contributed by atoms with E-state index in [4.69, 9.17) is 10.8 Å². The predicted molar refractivity (Wildman–Crippen MR) is 26.4 cm³/mol. The zero-order valence-electron chi connectivity index (χ0n) is 5.18. The van der Waals surface area contributed by atoms with Crippen molar-refractivity contribution in [3.05, 3.63) is 0 Å². The molecule has 0 aliphatic rings. The molecule has 0 aromatic carbocycles. The Hall–Kier alpha value is -0.0800. The van der Waals surface area contributed by atoms with E-state index in [1.807, 2.05) is 0 Å². The van der Waals surface area contributed by atoms with Crippen LogP contribution in [-0.2, 0) is 0 Å². The number of nitrogens with two attached hydrogens (primary N) is 1. The number of hydrogen-bond acceptors (Lipinski definition) is 2. The van der Waals surface area contributed by atoms with Gasteiger partial charge in [-0.25, -0.2) is 0 Å². The van der Waals surface area contributed by atoms with Crippen molar-refractivity contribution in [3.63, 3.8) is 0 Å². The van der Waals surface area contributed by atoms with E-state index < -0.39 is 0 Å². The first kappa shape index (κ1) is 5.92. The van der Waals surface area contributed by atoms with Crippen molar-refractivity contribution in [3.8, 4) is 0 Å². The van der Waals surface area contributed by atoms with Crippen LogP contribution >= 0.6 is 0 Å². The zero-order chi connectivity index (χ0) is 5.15. The highest BCUT2D eigenvalue weighted by Crippen LogP contribution is 1.81. The van der Waals surface area contributed by atoms with Gasteiger partial charge in [-0.15, -0.1) is 0 Å². The van der Waals surface area contributed by atoms with Crippen LogP contribution in [0.15, 0.2) is 0 Å². The van der Waals surface area contributed by atoms with E-state index in [0.29, 0.717) is 0 Å². The summed E-state index contributed by atoms with van der Waals surface area (Å²) in [4.78, 5) is 0. The number of rotatable bonds is 1. The van der Waals surface area contributed by atoms with Gasteiger partial charge < -0.3 is 10.8 Å². The van der Waals surface area contributed by atoms with Gasteiger partial charge in [0.15, 0.2) is 0 Å². The van der Waals surface area contributed by atoms with Crippen LogP contribution in [0.1, 0.15) is 15.3 Å². The molecule has 2 nitrogen and oxygen atoms in total. The largest absolute Gasteiger partial charge is 1.00 e. The first-order valence-corrected chi connectivity index (χ1v) is 2.08. The van der Waals surface area contributed by atoms with Gasteiger partial charge in [-0.1, -0.05) is 0 Å². The van der Waals surface area contributed by atoms with Crippen LogP contribution in [0, 0.1) is 0 Å². The van der Waals surface area contributed by atoms with Gasteiger partial charge in [0.2, 0.25) is 0 Å². The molecule has 6 heavy (non-hydrogen) atoms. The molecule has 0 radical (unpaired) electrons. The lowest BCUT2D eigenvalue weighted by Crippen LogP contribution is -2.28. The van der Waals surface area contributed by atoms with Crippen molar-refractivity contribution in [1.29, 1.82) is 0 Å². The summed E-state index contributed by atoms with van der Waals surface area (Å²) in [6.07, 6.45) is -0.370. The highest BCUT2D eigenvalue weighted by molar-refractivity contribution is 4.57. The molecule has 3 N–H and O–H groups in total. The molecule has 38 valence electrons. The van der Waals surface area contributed by atoms with E-state index in [-0.39, 0.29) is 13.6 Å². The van der Waals surface area contributed by atoms with E-state index in [9.17, 15) is 0 Å². The molecule has 0 unspecified atom stereocenters. The molecule has 0 aliphatic carbocycles. The molecular weight excluding hydrogens is 78.0 g/mol. The van der Waals surface area contributed by atoms with E-state index in [0.717, 1.165) is 0 Å². The topological polar surface area (TPSA) is 46.2 Å². The molecule has 0 aromatic heterocycles. The Bertz CT molecular complexity index is 32.7. The van der Waals surface area contributed by atoms with Gasteiger partial charge in [-0.05, 0) is 13.8 Å². The Labute approximate surface area is 39.5 Å². The summed E-state index contributed by atoms with van der Waals surface area (Å²) in [6.45, 7) is 3.44. The first-order chi connectivity index (χ1) is 2.64. The summed E-state index contributed by atoms with van der Waals surface area (Å²) in [5.41, 5.74) is 5.19. The maximum absolute atomic E-state index is 8.50. The molecular formula is C4H12NO+. The van der Waals surface area contributed by atoms with E-state index in [2.05, 4.69) is 0 Å². The van der Waals surface area contributed by atoms with Crippen molar-refractivity contribution >= 4 is 0 Å². The molecule has 0 saturated carbocycles. The third-order valence-electron chi connectivity index (χ3n) is 0.761. The van der Waals surface area contributed by atoms with Crippen LogP contribution in [-0.4, -0.2) is 17.3 Å². The van der Waals surface area contributed by atoms with E-state index in [1.165, 1.54) is 0 Å². The molecule has 0 aliphatic heterocycles. The fourth-order valence-electron chi connectivity index (χ4n) is 0. The van der Waals surface area contributed by atoms with Crippen LogP contribution < -0.4 is 5.73 Å². The van der Waals surface area contributed by atoms with Crippen molar-refractivity contribution in [1.82, 2.24) is 0 Å². The monoisotopic (exact) mass is 90.1 g/mol. The molecule has 0 fully saturated rings. The normalized spacial score (nSPS) is 20.0. The minimum Gasteiger partial charge on any atom is -0.392 e. The highest BCUT2D eigenvalue weighted by atomic mass is 16.3. The summed E-state index contributed by atoms with van der Waals surface area (Å²) < 4.78 is 0. The van der Waals surface area contributed by atoms with Crippen molar-refractivity contribution in [2.24, 2.45) is 5.73 Å². The van der Waals surface area contributed by atoms with Gasteiger partial charge in [0, 0.05) is 6.04 Å². The minimum atomic E-state index is -0.370. The SMILES string of the molecule is C[C@@H](N)[C@@H](C)O.[H+]. The standard InChI is InChI=1S/C4H11NO/c1-3(5)4(2)6/h3-4,6H,5H2,1-2H3/p+1/t3-,4-/m1/s1. The second-order valence-electron chi connectivity index (χ2n) is 1.60. The van der Waals surface area contributed by atoms with Gasteiger partial charge in [0.25, 0.3) is 0 Å². The molecule has 2 atom stereocenters. The van der Waals surface area contributed by atoms with Crippen LogP contribution in [0.3, 0.4) is 0 Å². The summed E-state index contributed by atoms with van der Waals surface area (Å²) >= 11 is 0. The molecule has 0 amide bonds. The van der Waals surface area contributed by atoms with E-state index >= 15 is 0 Å². The van der Waals surface area contributed by atoms with Crippen molar-refractivity contribution in [2.75, 3.05) is 0 Å². The van der Waals surface area contributed by atoms with Gasteiger partial charge in [-0.3, -0.25) is 0 Å². The van der Waals surface area contributed by atoms with Crippen LogP contribution in [0.25, 0.3) is 0 Å². The maximum Gasteiger partial charge on any atom is 1.00 e. The van der Waals surface area contributed by atoms with Crippen LogP contribution in [0.4, 0.5) is 0 Å². The summed E-state index contributed by atoms with van der Waals surface area (Å²) in [5, 5.41) is 8.50. The van der Waals surface area contributed by atoms with Gasteiger partial charge >= 0.3 is 1.43 Å². The second kappa shape index (κ2) is 2.16. The summed E-state index contributed by atoms with van der Waals surface area (Å²) in [7, 11) is 0.